The number of benzene rings is 2. The van der Waals surface area contributed by atoms with Crippen LogP contribution in [0.15, 0.2) is 53.0 Å². The van der Waals surface area contributed by atoms with Crippen LogP contribution in [0.3, 0.4) is 0 Å². The van der Waals surface area contributed by atoms with E-state index < -0.39 is 0 Å². The molecule has 0 saturated heterocycles. The molecule has 1 aliphatic heterocycles. The number of carbonyl (C=O) groups excluding carboxylic acids is 2. The van der Waals surface area contributed by atoms with E-state index in [1.165, 1.54) is 11.3 Å². The third-order valence-corrected chi connectivity index (χ3v) is 7.85. The lowest BCUT2D eigenvalue weighted by molar-refractivity contribution is 0.0732. The largest absolute Gasteiger partial charge is 0.349 e. The Bertz CT molecular complexity index is 1120. The quantitative estimate of drug-likeness (QED) is 0.525. The molecule has 0 atom stereocenters. The van der Waals surface area contributed by atoms with Gasteiger partial charge in [-0.2, -0.15) is 0 Å². The number of fused-ring (bicyclic) bond motifs is 2. The molecule has 6 heteroatoms. The van der Waals surface area contributed by atoms with Crippen molar-refractivity contribution in [1.82, 2.24) is 10.2 Å². The number of amides is 2. The van der Waals surface area contributed by atoms with Gasteiger partial charge in [-0.1, -0.05) is 40.2 Å². The van der Waals surface area contributed by atoms with Crippen LogP contribution in [0.25, 0.3) is 10.1 Å². The highest BCUT2D eigenvalue weighted by molar-refractivity contribution is 9.10. The van der Waals surface area contributed by atoms with Gasteiger partial charge in [0.1, 0.15) is 0 Å². The summed E-state index contributed by atoms with van der Waals surface area (Å²) in [6, 6.07) is 16.2. The first kappa shape index (κ1) is 19.8. The number of carbonyl (C=O) groups is 2. The molecule has 1 saturated carbocycles. The minimum Gasteiger partial charge on any atom is -0.349 e. The second kappa shape index (κ2) is 8.16. The maximum Gasteiger partial charge on any atom is 0.261 e. The summed E-state index contributed by atoms with van der Waals surface area (Å²) < 4.78 is 2.15. The van der Waals surface area contributed by atoms with Gasteiger partial charge in [0, 0.05) is 33.9 Å². The normalized spacial score (nSPS) is 21.1. The Balaban J connectivity index is 1.14. The highest BCUT2D eigenvalue weighted by Crippen LogP contribution is 2.31. The number of hydrogen-bond acceptors (Lipinski definition) is 3. The minimum atomic E-state index is 0.0287. The number of halogens is 1. The van der Waals surface area contributed by atoms with Gasteiger partial charge in [0.05, 0.1) is 4.88 Å². The van der Waals surface area contributed by atoms with E-state index in [-0.39, 0.29) is 17.9 Å². The lowest BCUT2D eigenvalue weighted by atomic mass is 9.85. The topological polar surface area (TPSA) is 49.4 Å². The monoisotopic (exact) mass is 482 g/mol. The van der Waals surface area contributed by atoms with Gasteiger partial charge in [-0.3, -0.25) is 9.59 Å². The Morgan fingerprint density at radius 2 is 1.90 bits per heavy atom. The van der Waals surface area contributed by atoms with Crippen LogP contribution in [0.4, 0.5) is 0 Å². The van der Waals surface area contributed by atoms with Crippen molar-refractivity contribution in [3.8, 4) is 0 Å². The van der Waals surface area contributed by atoms with Crippen LogP contribution in [0.2, 0.25) is 0 Å². The second-order valence-corrected chi connectivity index (χ2v) is 10.3. The first-order chi connectivity index (χ1) is 14.6. The van der Waals surface area contributed by atoms with Crippen molar-refractivity contribution in [3.05, 3.63) is 69.0 Å². The van der Waals surface area contributed by atoms with Gasteiger partial charge >= 0.3 is 0 Å². The molecule has 0 bridgehead atoms. The molecule has 2 aromatic carbocycles. The van der Waals surface area contributed by atoms with E-state index in [1.54, 1.807) is 0 Å². The smallest absolute Gasteiger partial charge is 0.261 e. The van der Waals surface area contributed by atoms with E-state index in [0.29, 0.717) is 5.92 Å². The molecule has 1 N–H and O–H groups in total. The fraction of sp³-hybridized carbons (Fsp3) is 0.333. The lowest BCUT2D eigenvalue weighted by Gasteiger charge is -2.31. The molecule has 0 spiro atoms. The second-order valence-electron chi connectivity index (χ2n) is 8.33. The standard InChI is InChI=1S/C24H23BrN2O2S/c25-18-8-7-16-11-22(30-21(16)12-18)23(28)26-19-9-5-15(6-10-19)13-27-14-17-3-1-2-4-20(17)24(27)29/h1-4,7-8,11-12,15,19H,5-6,9-10,13-14H2,(H,26,28). The van der Waals surface area contributed by atoms with Gasteiger partial charge in [0.2, 0.25) is 0 Å². The van der Waals surface area contributed by atoms with Crippen molar-refractivity contribution in [3.63, 3.8) is 0 Å². The van der Waals surface area contributed by atoms with Crippen molar-refractivity contribution in [2.45, 2.75) is 38.3 Å². The summed E-state index contributed by atoms with van der Waals surface area (Å²) in [6.07, 6.45) is 4.04. The predicted octanol–water partition coefficient (Wildman–Crippen LogP) is 5.61. The molecule has 3 aromatic rings. The molecule has 1 fully saturated rings. The highest BCUT2D eigenvalue weighted by Gasteiger charge is 2.31. The molecule has 154 valence electrons. The van der Waals surface area contributed by atoms with Crippen LogP contribution in [0, 0.1) is 5.92 Å². The van der Waals surface area contributed by atoms with E-state index >= 15 is 0 Å². The van der Waals surface area contributed by atoms with Gasteiger partial charge in [-0.05, 0) is 66.8 Å². The van der Waals surface area contributed by atoms with E-state index in [1.807, 2.05) is 47.4 Å². The van der Waals surface area contributed by atoms with Gasteiger partial charge in [-0.25, -0.2) is 0 Å². The van der Waals surface area contributed by atoms with Crippen LogP contribution < -0.4 is 5.32 Å². The summed E-state index contributed by atoms with van der Waals surface area (Å²) in [5, 5.41) is 4.33. The number of rotatable bonds is 4. The summed E-state index contributed by atoms with van der Waals surface area (Å²) in [6.45, 7) is 1.55. The fourth-order valence-electron chi connectivity index (χ4n) is 4.64. The third kappa shape index (κ3) is 3.91. The molecular formula is C24H23BrN2O2S. The fourth-order valence-corrected chi connectivity index (χ4v) is 6.15. The van der Waals surface area contributed by atoms with Gasteiger partial charge < -0.3 is 10.2 Å². The molecule has 5 rings (SSSR count). The van der Waals surface area contributed by atoms with Crippen LogP contribution in [0.5, 0.6) is 0 Å². The molecule has 1 aliphatic carbocycles. The summed E-state index contributed by atoms with van der Waals surface area (Å²) in [5.41, 5.74) is 1.99. The Morgan fingerprint density at radius 3 is 2.70 bits per heavy atom. The van der Waals surface area contributed by atoms with Crippen molar-refractivity contribution >= 4 is 49.2 Å². The summed E-state index contributed by atoms with van der Waals surface area (Å²) in [4.78, 5) is 28.1. The van der Waals surface area contributed by atoms with Crippen LogP contribution in [-0.4, -0.2) is 29.3 Å². The third-order valence-electron chi connectivity index (χ3n) is 6.26. The summed E-state index contributed by atoms with van der Waals surface area (Å²) in [5.74, 6) is 0.705. The Kier molecular flexibility index (Phi) is 5.37. The van der Waals surface area contributed by atoms with E-state index in [0.717, 1.165) is 69.3 Å². The highest BCUT2D eigenvalue weighted by atomic mass is 79.9. The van der Waals surface area contributed by atoms with E-state index in [9.17, 15) is 9.59 Å². The van der Waals surface area contributed by atoms with Gasteiger partial charge in [0.15, 0.2) is 0 Å². The molecular weight excluding hydrogens is 460 g/mol. The number of hydrogen-bond donors (Lipinski definition) is 1. The summed E-state index contributed by atoms with van der Waals surface area (Å²) >= 11 is 5.03. The summed E-state index contributed by atoms with van der Waals surface area (Å²) in [7, 11) is 0. The van der Waals surface area contributed by atoms with Crippen molar-refractivity contribution in [2.24, 2.45) is 5.92 Å². The Labute approximate surface area is 188 Å². The number of thiophene rings is 1. The average molecular weight is 483 g/mol. The molecule has 2 amide bonds. The van der Waals surface area contributed by atoms with Crippen LogP contribution in [0.1, 0.15) is 51.3 Å². The molecule has 1 aromatic heterocycles. The number of nitrogens with zero attached hydrogens (tertiary/aromatic N) is 1. The zero-order chi connectivity index (χ0) is 20.7. The SMILES string of the molecule is O=C(NC1CCC(CN2Cc3ccccc3C2=O)CC1)c1cc2ccc(Br)cc2s1. The van der Waals surface area contributed by atoms with Crippen LogP contribution in [-0.2, 0) is 6.54 Å². The zero-order valence-electron chi connectivity index (χ0n) is 16.6. The zero-order valence-corrected chi connectivity index (χ0v) is 19.0. The van der Waals surface area contributed by atoms with Crippen molar-refractivity contribution < 1.29 is 9.59 Å². The molecule has 30 heavy (non-hydrogen) atoms. The molecule has 2 aliphatic rings. The Hall–Kier alpha value is -2.18. The minimum absolute atomic E-state index is 0.0287. The molecule has 2 heterocycles. The first-order valence-corrected chi connectivity index (χ1v) is 12.0. The predicted molar refractivity (Wildman–Crippen MR) is 124 cm³/mol. The molecule has 4 nitrogen and oxygen atoms in total. The van der Waals surface area contributed by atoms with Gasteiger partial charge in [-0.15, -0.1) is 11.3 Å². The lowest BCUT2D eigenvalue weighted by Crippen LogP contribution is -2.39. The molecule has 0 radical (unpaired) electrons. The van der Waals surface area contributed by atoms with E-state index in [4.69, 9.17) is 0 Å². The average Bonchev–Trinajstić information content (AvgIpc) is 3.31. The van der Waals surface area contributed by atoms with Gasteiger partial charge in [0.25, 0.3) is 11.8 Å². The first-order valence-electron chi connectivity index (χ1n) is 10.4. The van der Waals surface area contributed by atoms with Crippen molar-refractivity contribution in [2.75, 3.05) is 6.54 Å². The number of nitrogens with one attached hydrogen (secondary N) is 1. The van der Waals surface area contributed by atoms with E-state index in [2.05, 4.69) is 27.3 Å². The molecule has 0 unspecified atom stereocenters. The maximum atomic E-state index is 12.7. The van der Waals surface area contributed by atoms with Crippen molar-refractivity contribution in [1.29, 1.82) is 0 Å². The maximum absolute atomic E-state index is 12.7. The van der Waals surface area contributed by atoms with Crippen LogP contribution >= 0.6 is 27.3 Å². The Morgan fingerprint density at radius 1 is 1.10 bits per heavy atom.